The summed E-state index contributed by atoms with van der Waals surface area (Å²) in [6.07, 6.45) is 0.0582. The van der Waals surface area contributed by atoms with Crippen molar-refractivity contribution in [1.29, 1.82) is 0 Å². The molecule has 18 heavy (non-hydrogen) atoms. The number of nitrogen functional groups attached to an aromatic ring is 1. The first-order chi connectivity index (χ1) is 8.41. The molecule has 0 radical (unpaired) electrons. The minimum absolute atomic E-state index is 0.0582. The normalized spacial score (nSPS) is 9.94. The van der Waals surface area contributed by atoms with Crippen molar-refractivity contribution in [3.05, 3.63) is 29.6 Å². The number of amides is 1. The van der Waals surface area contributed by atoms with Crippen LogP contribution >= 0.6 is 0 Å². The van der Waals surface area contributed by atoms with Gasteiger partial charge in [-0.25, -0.2) is 9.18 Å². The molecule has 1 amide bonds. The molecule has 2 N–H and O–H groups in total. The van der Waals surface area contributed by atoms with Gasteiger partial charge >= 0.3 is 5.97 Å². The molecule has 1 aromatic carbocycles. The summed E-state index contributed by atoms with van der Waals surface area (Å²) in [5.41, 5.74) is 5.49. The van der Waals surface area contributed by atoms with Crippen molar-refractivity contribution >= 4 is 17.6 Å². The highest BCUT2D eigenvalue weighted by Crippen LogP contribution is 2.13. The number of rotatable bonds is 4. The molecule has 0 saturated heterocycles. The SMILES string of the molecule is CN(C)C(=O)CCOC(=O)c1cc(N)ccc1F. The number of hydrogen-bond acceptors (Lipinski definition) is 4. The highest BCUT2D eigenvalue weighted by atomic mass is 19.1. The number of anilines is 1. The molecule has 1 aromatic rings. The Kier molecular flexibility index (Phi) is 4.65. The van der Waals surface area contributed by atoms with E-state index < -0.39 is 11.8 Å². The van der Waals surface area contributed by atoms with Gasteiger partial charge in [0.1, 0.15) is 12.4 Å². The maximum atomic E-state index is 13.3. The fourth-order valence-corrected chi connectivity index (χ4v) is 1.23. The maximum absolute atomic E-state index is 13.3. The molecule has 0 atom stereocenters. The molecule has 0 spiro atoms. The monoisotopic (exact) mass is 254 g/mol. The van der Waals surface area contributed by atoms with E-state index in [1.807, 2.05) is 0 Å². The smallest absolute Gasteiger partial charge is 0.341 e. The third-order valence-corrected chi connectivity index (χ3v) is 2.26. The molecule has 6 heteroatoms. The summed E-state index contributed by atoms with van der Waals surface area (Å²) in [5, 5.41) is 0. The Bertz CT molecular complexity index is 461. The third kappa shape index (κ3) is 3.73. The van der Waals surface area contributed by atoms with Crippen LogP contribution in [0.3, 0.4) is 0 Å². The van der Waals surface area contributed by atoms with Crippen molar-refractivity contribution in [3.8, 4) is 0 Å². The van der Waals surface area contributed by atoms with E-state index in [4.69, 9.17) is 10.5 Å². The molecule has 98 valence electrons. The van der Waals surface area contributed by atoms with Gasteiger partial charge < -0.3 is 15.4 Å². The van der Waals surface area contributed by atoms with Crippen molar-refractivity contribution in [2.75, 3.05) is 26.4 Å². The largest absolute Gasteiger partial charge is 0.461 e. The lowest BCUT2D eigenvalue weighted by Gasteiger charge is -2.10. The summed E-state index contributed by atoms with van der Waals surface area (Å²) in [6, 6.07) is 3.64. The van der Waals surface area contributed by atoms with Crippen LogP contribution in [0.25, 0.3) is 0 Å². The van der Waals surface area contributed by atoms with Gasteiger partial charge in [0.2, 0.25) is 5.91 Å². The predicted molar refractivity (Wildman–Crippen MR) is 64.4 cm³/mol. The Morgan fingerprint density at radius 1 is 1.39 bits per heavy atom. The van der Waals surface area contributed by atoms with E-state index in [2.05, 4.69) is 0 Å². The average molecular weight is 254 g/mol. The van der Waals surface area contributed by atoms with Crippen molar-refractivity contribution in [3.63, 3.8) is 0 Å². The Morgan fingerprint density at radius 3 is 2.67 bits per heavy atom. The molecule has 0 fully saturated rings. The molecular weight excluding hydrogens is 239 g/mol. The van der Waals surface area contributed by atoms with Crippen LogP contribution in [0.4, 0.5) is 10.1 Å². The average Bonchev–Trinajstić information content (AvgIpc) is 2.31. The Balaban J connectivity index is 2.56. The van der Waals surface area contributed by atoms with Crippen molar-refractivity contribution < 1.29 is 18.7 Å². The highest BCUT2D eigenvalue weighted by Gasteiger charge is 2.14. The van der Waals surface area contributed by atoms with Crippen LogP contribution < -0.4 is 5.73 Å². The second-order valence-corrected chi connectivity index (χ2v) is 3.91. The third-order valence-electron chi connectivity index (χ3n) is 2.26. The number of hydrogen-bond donors (Lipinski definition) is 1. The second kappa shape index (κ2) is 6.00. The minimum Gasteiger partial charge on any atom is -0.461 e. The number of carbonyl (C=O) groups is 2. The molecule has 0 bridgehead atoms. The number of nitrogens with zero attached hydrogens (tertiary/aromatic N) is 1. The van der Waals surface area contributed by atoms with Crippen LogP contribution in [0.2, 0.25) is 0 Å². The zero-order valence-electron chi connectivity index (χ0n) is 10.3. The summed E-state index contributed by atoms with van der Waals surface area (Å²) < 4.78 is 18.1. The van der Waals surface area contributed by atoms with Crippen LogP contribution in [0.15, 0.2) is 18.2 Å². The van der Waals surface area contributed by atoms with E-state index >= 15 is 0 Å². The summed E-state index contributed by atoms with van der Waals surface area (Å²) in [7, 11) is 3.20. The van der Waals surface area contributed by atoms with Gasteiger partial charge in [-0.2, -0.15) is 0 Å². The molecule has 0 aliphatic carbocycles. The Morgan fingerprint density at radius 2 is 2.06 bits per heavy atom. The zero-order chi connectivity index (χ0) is 13.7. The van der Waals surface area contributed by atoms with E-state index in [0.717, 1.165) is 6.07 Å². The van der Waals surface area contributed by atoms with E-state index in [9.17, 15) is 14.0 Å². The van der Waals surface area contributed by atoms with E-state index in [1.165, 1.54) is 17.0 Å². The lowest BCUT2D eigenvalue weighted by molar-refractivity contribution is -0.129. The van der Waals surface area contributed by atoms with Crippen LogP contribution in [-0.4, -0.2) is 37.5 Å². The van der Waals surface area contributed by atoms with Crippen molar-refractivity contribution in [2.45, 2.75) is 6.42 Å². The molecule has 1 rings (SSSR count). The van der Waals surface area contributed by atoms with Crippen molar-refractivity contribution in [1.82, 2.24) is 4.90 Å². The first-order valence-corrected chi connectivity index (χ1v) is 5.34. The summed E-state index contributed by atoms with van der Waals surface area (Å²) in [4.78, 5) is 24.1. The van der Waals surface area contributed by atoms with Gasteiger partial charge in [-0.15, -0.1) is 0 Å². The number of esters is 1. The van der Waals surface area contributed by atoms with Gasteiger partial charge in [0.25, 0.3) is 0 Å². The molecule has 0 aliphatic heterocycles. The molecule has 0 aromatic heterocycles. The van der Waals surface area contributed by atoms with E-state index in [-0.39, 0.29) is 30.2 Å². The lowest BCUT2D eigenvalue weighted by Crippen LogP contribution is -2.23. The van der Waals surface area contributed by atoms with Gasteiger partial charge in [0, 0.05) is 19.8 Å². The quantitative estimate of drug-likeness (QED) is 0.643. The van der Waals surface area contributed by atoms with Crippen molar-refractivity contribution in [2.24, 2.45) is 0 Å². The van der Waals surface area contributed by atoms with Gasteiger partial charge in [-0.1, -0.05) is 0 Å². The molecule has 5 nitrogen and oxygen atoms in total. The fourth-order valence-electron chi connectivity index (χ4n) is 1.23. The molecule has 0 saturated carbocycles. The van der Waals surface area contributed by atoms with Crippen LogP contribution in [-0.2, 0) is 9.53 Å². The highest BCUT2D eigenvalue weighted by molar-refractivity contribution is 5.90. The topological polar surface area (TPSA) is 72.6 Å². The number of nitrogens with two attached hydrogens (primary N) is 1. The fraction of sp³-hybridized carbons (Fsp3) is 0.333. The van der Waals surface area contributed by atoms with E-state index in [0.29, 0.717) is 0 Å². The predicted octanol–water partition coefficient (Wildman–Crippen LogP) is 1.04. The summed E-state index contributed by atoms with van der Waals surface area (Å²) in [5.74, 6) is -1.70. The lowest BCUT2D eigenvalue weighted by atomic mass is 10.2. The number of carbonyl (C=O) groups excluding carboxylic acids is 2. The molecule has 0 aliphatic rings. The molecular formula is C12H15FN2O3. The van der Waals surface area contributed by atoms with Crippen LogP contribution in [0.5, 0.6) is 0 Å². The number of ether oxygens (including phenoxy) is 1. The summed E-state index contributed by atoms with van der Waals surface area (Å²) >= 11 is 0. The van der Waals surface area contributed by atoms with Crippen LogP contribution in [0.1, 0.15) is 16.8 Å². The van der Waals surface area contributed by atoms with E-state index in [1.54, 1.807) is 14.1 Å². The minimum atomic E-state index is -0.827. The number of halogens is 1. The first kappa shape index (κ1) is 14.0. The van der Waals surface area contributed by atoms with Gasteiger partial charge in [0.05, 0.1) is 12.0 Å². The number of benzene rings is 1. The Hall–Kier alpha value is -2.11. The second-order valence-electron chi connectivity index (χ2n) is 3.91. The van der Waals surface area contributed by atoms with Gasteiger partial charge in [0.15, 0.2) is 0 Å². The first-order valence-electron chi connectivity index (χ1n) is 5.34. The molecule has 0 unspecified atom stereocenters. The van der Waals surface area contributed by atoms with Gasteiger partial charge in [-0.05, 0) is 18.2 Å². The Labute approximate surface area is 104 Å². The zero-order valence-corrected chi connectivity index (χ0v) is 10.3. The maximum Gasteiger partial charge on any atom is 0.341 e. The molecule has 0 heterocycles. The van der Waals surface area contributed by atoms with Crippen LogP contribution in [0, 0.1) is 5.82 Å². The van der Waals surface area contributed by atoms with Gasteiger partial charge in [-0.3, -0.25) is 4.79 Å². The summed E-state index contributed by atoms with van der Waals surface area (Å²) in [6.45, 7) is -0.0932. The standard InChI is InChI=1S/C12H15FN2O3/c1-15(2)11(16)5-6-18-12(17)9-7-8(14)3-4-10(9)13/h3-4,7H,5-6,14H2,1-2H3.